The molecule has 0 amide bonds. The lowest BCUT2D eigenvalue weighted by Gasteiger charge is -2.04. The number of aromatic nitrogens is 3. The number of aromatic amines is 1. The molecular formula is C17H13FN4O3. The SMILES string of the molecule is O=c1[nH]c2cc(F)ccc2cc1CNCc1nc(-c2ccco2)no1. The van der Waals surface area contributed by atoms with Crippen molar-refractivity contribution in [1.82, 2.24) is 20.4 Å². The number of furan rings is 1. The van der Waals surface area contributed by atoms with Gasteiger partial charge < -0.3 is 19.2 Å². The number of rotatable bonds is 5. The summed E-state index contributed by atoms with van der Waals surface area (Å²) in [6, 6.07) is 9.47. The predicted molar refractivity (Wildman–Crippen MR) is 87.1 cm³/mol. The number of hydrogen-bond acceptors (Lipinski definition) is 6. The molecule has 0 unspecified atom stereocenters. The van der Waals surface area contributed by atoms with E-state index >= 15 is 0 Å². The third-order valence-electron chi connectivity index (χ3n) is 3.69. The molecule has 4 aromatic rings. The van der Waals surface area contributed by atoms with E-state index < -0.39 is 5.82 Å². The molecule has 0 atom stereocenters. The molecule has 4 rings (SSSR count). The molecule has 0 fully saturated rings. The van der Waals surface area contributed by atoms with Crippen molar-refractivity contribution in [1.29, 1.82) is 0 Å². The van der Waals surface area contributed by atoms with Gasteiger partial charge in [-0.25, -0.2) is 4.39 Å². The third-order valence-corrected chi connectivity index (χ3v) is 3.69. The van der Waals surface area contributed by atoms with Crippen molar-refractivity contribution < 1.29 is 13.3 Å². The maximum absolute atomic E-state index is 13.2. The lowest BCUT2D eigenvalue weighted by molar-refractivity contribution is 0.366. The minimum Gasteiger partial charge on any atom is -0.461 e. The predicted octanol–water partition coefficient (Wildman–Crippen LogP) is 2.60. The van der Waals surface area contributed by atoms with E-state index in [0.717, 1.165) is 5.39 Å². The molecular weight excluding hydrogens is 327 g/mol. The molecule has 0 saturated carbocycles. The topological polar surface area (TPSA) is 97.0 Å². The highest BCUT2D eigenvalue weighted by molar-refractivity contribution is 5.78. The van der Waals surface area contributed by atoms with Crippen molar-refractivity contribution in [2.24, 2.45) is 0 Å². The molecule has 0 spiro atoms. The summed E-state index contributed by atoms with van der Waals surface area (Å²) in [5, 5.41) is 7.66. The molecule has 0 aliphatic heterocycles. The molecule has 3 heterocycles. The quantitative estimate of drug-likeness (QED) is 0.580. The van der Waals surface area contributed by atoms with Gasteiger partial charge in [-0.2, -0.15) is 4.98 Å². The van der Waals surface area contributed by atoms with Gasteiger partial charge in [-0.05, 0) is 41.8 Å². The van der Waals surface area contributed by atoms with Gasteiger partial charge in [-0.3, -0.25) is 4.79 Å². The van der Waals surface area contributed by atoms with Gasteiger partial charge in [0.25, 0.3) is 5.56 Å². The van der Waals surface area contributed by atoms with Crippen molar-refractivity contribution in [2.75, 3.05) is 0 Å². The molecule has 0 saturated heterocycles. The second kappa shape index (κ2) is 6.33. The van der Waals surface area contributed by atoms with Crippen LogP contribution < -0.4 is 10.9 Å². The Labute approximate surface area is 140 Å². The van der Waals surface area contributed by atoms with E-state index in [2.05, 4.69) is 20.4 Å². The average molecular weight is 340 g/mol. The van der Waals surface area contributed by atoms with Crippen LogP contribution in [0.25, 0.3) is 22.5 Å². The highest BCUT2D eigenvalue weighted by Crippen LogP contribution is 2.16. The van der Waals surface area contributed by atoms with E-state index in [-0.39, 0.29) is 5.56 Å². The van der Waals surface area contributed by atoms with E-state index in [9.17, 15) is 9.18 Å². The van der Waals surface area contributed by atoms with E-state index in [0.29, 0.717) is 41.6 Å². The van der Waals surface area contributed by atoms with Crippen LogP contribution in [-0.4, -0.2) is 15.1 Å². The summed E-state index contributed by atoms with van der Waals surface area (Å²) in [6.45, 7) is 0.607. The van der Waals surface area contributed by atoms with Gasteiger partial charge in [0.1, 0.15) is 5.82 Å². The lowest BCUT2D eigenvalue weighted by atomic mass is 10.1. The number of nitrogens with one attached hydrogen (secondary N) is 2. The zero-order valence-corrected chi connectivity index (χ0v) is 13.0. The first-order valence-corrected chi connectivity index (χ1v) is 7.58. The van der Waals surface area contributed by atoms with Gasteiger partial charge >= 0.3 is 0 Å². The molecule has 2 N–H and O–H groups in total. The van der Waals surface area contributed by atoms with Gasteiger partial charge in [0.15, 0.2) is 5.76 Å². The second-order valence-electron chi connectivity index (χ2n) is 5.45. The Balaban J connectivity index is 1.45. The number of H-pyrrole nitrogens is 1. The molecule has 0 radical (unpaired) electrons. The summed E-state index contributed by atoms with van der Waals surface area (Å²) >= 11 is 0. The summed E-state index contributed by atoms with van der Waals surface area (Å²) in [7, 11) is 0. The Hall–Kier alpha value is -3.26. The van der Waals surface area contributed by atoms with Crippen molar-refractivity contribution in [3.05, 3.63) is 70.3 Å². The summed E-state index contributed by atoms with van der Waals surface area (Å²) < 4.78 is 23.5. The zero-order valence-electron chi connectivity index (χ0n) is 13.0. The highest BCUT2D eigenvalue weighted by Gasteiger charge is 2.11. The minimum atomic E-state index is -0.391. The van der Waals surface area contributed by atoms with Crippen LogP contribution in [0.5, 0.6) is 0 Å². The van der Waals surface area contributed by atoms with Crippen LogP contribution in [0, 0.1) is 5.82 Å². The molecule has 25 heavy (non-hydrogen) atoms. The average Bonchev–Trinajstić information content (AvgIpc) is 3.26. The fourth-order valence-electron chi connectivity index (χ4n) is 2.49. The first-order valence-electron chi connectivity index (χ1n) is 7.58. The van der Waals surface area contributed by atoms with Gasteiger partial charge in [0.05, 0.1) is 18.3 Å². The Kier molecular flexibility index (Phi) is 3.87. The van der Waals surface area contributed by atoms with Gasteiger partial charge in [-0.1, -0.05) is 5.16 Å². The molecule has 7 nitrogen and oxygen atoms in total. The Morgan fingerprint density at radius 1 is 1.20 bits per heavy atom. The number of halogens is 1. The van der Waals surface area contributed by atoms with Crippen LogP contribution in [0.2, 0.25) is 0 Å². The molecule has 8 heteroatoms. The maximum Gasteiger partial charge on any atom is 0.252 e. The monoisotopic (exact) mass is 340 g/mol. The van der Waals surface area contributed by atoms with Crippen molar-refractivity contribution >= 4 is 10.9 Å². The Morgan fingerprint density at radius 2 is 2.12 bits per heavy atom. The van der Waals surface area contributed by atoms with Crippen LogP contribution in [0.15, 0.2) is 56.4 Å². The second-order valence-corrected chi connectivity index (χ2v) is 5.45. The van der Waals surface area contributed by atoms with E-state index in [1.54, 1.807) is 24.3 Å². The fraction of sp³-hybridized carbons (Fsp3) is 0.118. The zero-order chi connectivity index (χ0) is 17.2. The normalized spacial score (nSPS) is 11.2. The van der Waals surface area contributed by atoms with Gasteiger partial charge in [-0.15, -0.1) is 0 Å². The van der Waals surface area contributed by atoms with Crippen LogP contribution in [-0.2, 0) is 13.1 Å². The molecule has 3 aromatic heterocycles. The number of hydrogen-bond donors (Lipinski definition) is 2. The van der Waals surface area contributed by atoms with Crippen LogP contribution in [0.3, 0.4) is 0 Å². The number of fused-ring (bicyclic) bond motifs is 1. The molecule has 0 bridgehead atoms. The van der Waals surface area contributed by atoms with Crippen molar-refractivity contribution in [2.45, 2.75) is 13.1 Å². The molecule has 126 valence electrons. The van der Waals surface area contributed by atoms with E-state index in [1.165, 1.54) is 18.4 Å². The van der Waals surface area contributed by atoms with E-state index in [1.807, 2.05) is 0 Å². The summed E-state index contributed by atoms with van der Waals surface area (Å²) in [6.07, 6.45) is 1.53. The van der Waals surface area contributed by atoms with Crippen molar-refractivity contribution in [3.63, 3.8) is 0 Å². The highest BCUT2D eigenvalue weighted by atomic mass is 19.1. The third kappa shape index (κ3) is 3.20. The minimum absolute atomic E-state index is 0.271. The van der Waals surface area contributed by atoms with Crippen LogP contribution in [0.1, 0.15) is 11.5 Å². The lowest BCUT2D eigenvalue weighted by Crippen LogP contribution is -2.20. The standard InChI is InChI=1S/C17H13FN4O3/c18-12-4-3-10-6-11(17(23)20-13(10)7-12)8-19-9-15-21-16(22-25-15)14-2-1-5-24-14/h1-7,19H,8-9H2,(H,20,23). The largest absolute Gasteiger partial charge is 0.461 e. The van der Waals surface area contributed by atoms with Crippen LogP contribution in [0.4, 0.5) is 4.39 Å². The van der Waals surface area contributed by atoms with Gasteiger partial charge in [0, 0.05) is 12.1 Å². The van der Waals surface area contributed by atoms with E-state index in [4.69, 9.17) is 8.94 Å². The summed E-state index contributed by atoms with van der Waals surface area (Å²) in [5.74, 6) is 0.879. The Bertz CT molecular complexity index is 1070. The number of nitrogens with zero attached hydrogens (tertiary/aromatic N) is 2. The van der Waals surface area contributed by atoms with Crippen molar-refractivity contribution in [3.8, 4) is 11.6 Å². The first-order chi connectivity index (χ1) is 12.2. The maximum atomic E-state index is 13.2. The first kappa shape index (κ1) is 15.3. The molecule has 1 aromatic carbocycles. The van der Waals surface area contributed by atoms with Crippen LogP contribution >= 0.6 is 0 Å². The smallest absolute Gasteiger partial charge is 0.252 e. The Morgan fingerprint density at radius 3 is 2.96 bits per heavy atom. The summed E-state index contributed by atoms with van der Waals surface area (Å²) in [5.41, 5.74) is 0.728. The van der Waals surface area contributed by atoms with Gasteiger partial charge in [0.2, 0.25) is 11.7 Å². The molecule has 0 aliphatic carbocycles. The fourth-order valence-corrected chi connectivity index (χ4v) is 2.49. The number of pyridine rings is 1. The number of benzene rings is 1. The summed E-state index contributed by atoms with van der Waals surface area (Å²) in [4.78, 5) is 18.9. The molecule has 0 aliphatic rings.